The Bertz CT molecular complexity index is 588. The highest BCUT2D eigenvalue weighted by molar-refractivity contribution is 8.00. The van der Waals surface area contributed by atoms with Crippen LogP contribution in [0, 0.1) is 5.41 Å². The van der Waals surface area contributed by atoms with Gasteiger partial charge < -0.3 is 4.74 Å². The Kier molecular flexibility index (Phi) is 3.11. The molecule has 1 saturated heterocycles. The molecule has 2 aromatic carbocycles. The molecule has 1 aliphatic rings. The van der Waals surface area contributed by atoms with Gasteiger partial charge >= 0.3 is 0 Å². The summed E-state index contributed by atoms with van der Waals surface area (Å²) in [7, 11) is 0. The SMILES string of the molecule is CC1(C)COC(C)(c2cccc3ccccc23)SC1. The monoisotopic (exact) mass is 272 g/mol. The van der Waals surface area contributed by atoms with E-state index in [1.807, 2.05) is 11.8 Å². The van der Waals surface area contributed by atoms with Gasteiger partial charge in [0.25, 0.3) is 0 Å². The maximum atomic E-state index is 6.24. The molecule has 1 nitrogen and oxygen atoms in total. The molecule has 0 spiro atoms. The van der Waals surface area contributed by atoms with Crippen LogP contribution < -0.4 is 0 Å². The van der Waals surface area contributed by atoms with Gasteiger partial charge in [-0.25, -0.2) is 0 Å². The van der Waals surface area contributed by atoms with Crippen LogP contribution in [0.3, 0.4) is 0 Å². The van der Waals surface area contributed by atoms with Crippen LogP contribution >= 0.6 is 11.8 Å². The minimum atomic E-state index is -0.226. The fourth-order valence-electron chi connectivity index (χ4n) is 2.53. The van der Waals surface area contributed by atoms with Crippen molar-refractivity contribution in [1.82, 2.24) is 0 Å². The van der Waals surface area contributed by atoms with E-state index in [0.717, 1.165) is 12.4 Å². The number of hydrogen-bond donors (Lipinski definition) is 0. The van der Waals surface area contributed by atoms with Crippen LogP contribution in [0.25, 0.3) is 10.8 Å². The van der Waals surface area contributed by atoms with Crippen molar-refractivity contribution >= 4 is 22.5 Å². The lowest BCUT2D eigenvalue weighted by atomic mass is 9.96. The predicted octanol–water partition coefficient (Wildman–Crippen LogP) is 4.80. The van der Waals surface area contributed by atoms with Crippen molar-refractivity contribution in [3.8, 4) is 0 Å². The van der Waals surface area contributed by atoms with E-state index in [2.05, 4.69) is 63.2 Å². The molecule has 0 saturated carbocycles. The predicted molar refractivity (Wildman–Crippen MR) is 83.5 cm³/mol. The second-order valence-electron chi connectivity index (χ2n) is 6.21. The Labute approximate surface area is 119 Å². The zero-order valence-electron chi connectivity index (χ0n) is 11.8. The smallest absolute Gasteiger partial charge is 0.137 e. The highest BCUT2D eigenvalue weighted by Gasteiger charge is 2.38. The number of thioether (sulfide) groups is 1. The second-order valence-corrected chi connectivity index (χ2v) is 7.57. The molecule has 0 amide bonds. The van der Waals surface area contributed by atoms with Gasteiger partial charge in [-0.2, -0.15) is 0 Å². The molecule has 0 aromatic heterocycles. The second kappa shape index (κ2) is 4.53. The van der Waals surface area contributed by atoms with E-state index in [1.165, 1.54) is 16.3 Å². The van der Waals surface area contributed by atoms with Crippen LogP contribution in [-0.4, -0.2) is 12.4 Å². The van der Waals surface area contributed by atoms with Crippen molar-refractivity contribution in [2.45, 2.75) is 25.7 Å². The average molecular weight is 272 g/mol. The third-order valence-electron chi connectivity index (χ3n) is 3.76. The molecule has 1 heterocycles. The molecular weight excluding hydrogens is 252 g/mol. The molecule has 3 rings (SSSR count). The topological polar surface area (TPSA) is 9.23 Å². The zero-order chi connectivity index (χ0) is 13.5. The van der Waals surface area contributed by atoms with Gasteiger partial charge in [-0.3, -0.25) is 0 Å². The van der Waals surface area contributed by atoms with Crippen LogP contribution in [0.1, 0.15) is 26.3 Å². The fourth-order valence-corrected chi connectivity index (χ4v) is 3.75. The van der Waals surface area contributed by atoms with Crippen molar-refractivity contribution in [3.63, 3.8) is 0 Å². The van der Waals surface area contributed by atoms with Gasteiger partial charge in [0.2, 0.25) is 0 Å². The number of ether oxygens (including phenoxy) is 1. The van der Waals surface area contributed by atoms with Gasteiger partial charge in [-0.05, 0) is 23.1 Å². The third kappa shape index (κ3) is 2.39. The molecular formula is C17H20OS. The molecule has 2 heteroatoms. The Morgan fingerprint density at radius 2 is 1.74 bits per heavy atom. The highest BCUT2D eigenvalue weighted by atomic mass is 32.2. The summed E-state index contributed by atoms with van der Waals surface area (Å²) < 4.78 is 6.24. The lowest BCUT2D eigenvalue weighted by Gasteiger charge is -2.41. The molecule has 1 atom stereocenters. The lowest BCUT2D eigenvalue weighted by molar-refractivity contribution is -0.0158. The van der Waals surface area contributed by atoms with Crippen LogP contribution in [0.2, 0.25) is 0 Å². The lowest BCUT2D eigenvalue weighted by Crippen LogP contribution is -2.37. The minimum absolute atomic E-state index is 0.226. The van der Waals surface area contributed by atoms with Gasteiger partial charge in [-0.15, -0.1) is 11.8 Å². The summed E-state index contributed by atoms with van der Waals surface area (Å²) >= 11 is 1.92. The summed E-state index contributed by atoms with van der Waals surface area (Å²) in [5.41, 5.74) is 1.57. The van der Waals surface area contributed by atoms with Crippen LogP contribution in [0.15, 0.2) is 42.5 Å². The standard InChI is InChI=1S/C17H20OS/c1-16(2)11-18-17(3,19-12-16)15-10-6-8-13-7-4-5-9-14(13)15/h4-10H,11-12H2,1-3H3. The molecule has 0 radical (unpaired) electrons. The normalized spacial score (nSPS) is 26.5. The van der Waals surface area contributed by atoms with E-state index in [0.29, 0.717) is 0 Å². The Balaban J connectivity index is 2.05. The van der Waals surface area contributed by atoms with Crippen molar-refractivity contribution in [2.24, 2.45) is 5.41 Å². The van der Waals surface area contributed by atoms with Gasteiger partial charge in [-0.1, -0.05) is 56.3 Å². The minimum Gasteiger partial charge on any atom is -0.360 e. The molecule has 100 valence electrons. The van der Waals surface area contributed by atoms with Crippen molar-refractivity contribution in [3.05, 3.63) is 48.0 Å². The van der Waals surface area contributed by atoms with Crippen LogP contribution in [0.4, 0.5) is 0 Å². The summed E-state index contributed by atoms with van der Waals surface area (Å²) in [5.74, 6) is 1.13. The molecule has 1 fully saturated rings. The van der Waals surface area contributed by atoms with Gasteiger partial charge in [0.1, 0.15) is 4.93 Å². The first-order chi connectivity index (χ1) is 9.00. The zero-order valence-corrected chi connectivity index (χ0v) is 12.6. The fraction of sp³-hybridized carbons (Fsp3) is 0.412. The number of rotatable bonds is 1. The van der Waals surface area contributed by atoms with E-state index in [4.69, 9.17) is 4.74 Å². The van der Waals surface area contributed by atoms with Crippen LogP contribution in [-0.2, 0) is 9.67 Å². The number of hydrogen-bond acceptors (Lipinski definition) is 2. The summed E-state index contributed by atoms with van der Waals surface area (Å²) in [5, 5.41) is 2.59. The van der Waals surface area contributed by atoms with E-state index in [1.54, 1.807) is 0 Å². The summed E-state index contributed by atoms with van der Waals surface area (Å²) in [6, 6.07) is 15.1. The average Bonchev–Trinajstić information content (AvgIpc) is 2.42. The molecule has 2 aromatic rings. The molecule has 1 unspecified atom stereocenters. The van der Waals surface area contributed by atoms with Gasteiger partial charge in [0.15, 0.2) is 0 Å². The van der Waals surface area contributed by atoms with Gasteiger partial charge in [0.05, 0.1) is 6.61 Å². The van der Waals surface area contributed by atoms with E-state index < -0.39 is 0 Å². The molecule has 19 heavy (non-hydrogen) atoms. The highest BCUT2D eigenvalue weighted by Crippen LogP contribution is 2.47. The molecule has 0 aliphatic carbocycles. The van der Waals surface area contributed by atoms with Gasteiger partial charge in [0, 0.05) is 11.3 Å². The first-order valence-corrected chi connectivity index (χ1v) is 7.75. The first kappa shape index (κ1) is 13.0. The third-order valence-corrected chi connectivity index (χ3v) is 5.57. The molecule has 1 aliphatic heterocycles. The first-order valence-electron chi connectivity index (χ1n) is 6.76. The van der Waals surface area contributed by atoms with Crippen molar-refractivity contribution in [2.75, 3.05) is 12.4 Å². The van der Waals surface area contributed by atoms with E-state index in [9.17, 15) is 0 Å². The maximum absolute atomic E-state index is 6.24. The number of fused-ring (bicyclic) bond motifs is 1. The van der Waals surface area contributed by atoms with E-state index in [-0.39, 0.29) is 10.3 Å². The van der Waals surface area contributed by atoms with Crippen molar-refractivity contribution < 1.29 is 4.74 Å². The van der Waals surface area contributed by atoms with E-state index >= 15 is 0 Å². The summed E-state index contributed by atoms with van der Waals surface area (Å²) in [4.78, 5) is -0.226. The van der Waals surface area contributed by atoms with Crippen LogP contribution in [0.5, 0.6) is 0 Å². The maximum Gasteiger partial charge on any atom is 0.137 e. The Morgan fingerprint density at radius 1 is 1.00 bits per heavy atom. The molecule has 0 bridgehead atoms. The summed E-state index contributed by atoms with van der Waals surface area (Å²) in [6.07, 6.45) is 0. The van der Waals surface area contributed by atoms with Crippen molar-refractivity contribution in [1.29, 1.82) is 0 Å². The largest absolute Gasteiger partial charge is 0.360 e. The Hall–Kier alpha value is -0.990. The Morgan fingerprint density at radius 3 is 2.47 bits per heavy atom. The quantitative estimate of drug-likeness (QED) is 0.737. The molecule has 0 N–H and O–H groups in total. The number of benzene rings is 2. The summed E-state index contributed by atoms with van der Waals surface area (Å²) in [6.45, 7) is 7.56.